The van der Waals surface area contributed by atoms with Gasteiger partial charge in [0.2, 0.25) is 10.0 Å². The Morgan fingerprint density at radius 1 is 1.19 bits per heavy atom. The summed E-state index contributed by atoms with van der Waals surface area (Å²) >= 11 is 5.16. The number of carbonyl (C=O) groups is 1. The summed E-state index contributed by atoms with van der Waals surface area (Å²) in [4.78, 5) is 13.7. The number of aliphatic hydroxyl groups is 1. The minimum atomic E-state index is -4.84. The number of halogens is 3. The fraction of sp³-hybridized carbons (Fsp3) is 0.400. The molecular formula is C20H21F3N2O4S2. The lowest BCUT2D eigenvalue weighted by molar-refractivity contribution is -0.258. The lowest BCUT2D eigenvalue weighted by Gasteiger charge is -2.40. The summed E-state index contributed by atoms with van der Waals surface area (Å²) in [5.41, 5.74) is -2.90. The molecule has 11 heteroatoms. The molecule has 168 valence electrons. The maximum atomic E-state index is 13.0. The Balaban J connectivity index is 1.81. The molecule has 1 aliphatic heterocycles. The number of benzene rings is 1. The van der Waals surface area contributed by atoms with Gasteiger partial charge < -0.3 is 14.8 Å². The number of rotatable bonds is 5. The Labute approximate surface area is 183 Å². The first-order chi connectivity index (χ1) is 14.4. The number of hydrogen-bond donors (Lipinski definition) is 1. The maximum Gasteiger partial charge on any atom is 0.421 e. The van der Waals surface area contributed by atoms with Gasteiger partial charge in [-0.25, -0.2) is 8.42 Å². The molecule has 31 heavy (non-hydrogen) atoms. The Hall–Kier alpha value is -2.08. The molecule has 0 bridgehead atoms. The Morgan fingerprint density at radius 3 is 2.39 bits per heavy atom. The van der Waals surface area contributed by atoms with E-state index in [1.807, 2.05) is 0 Å². The number of anilines is 1. The molecule has 0 radical (unpaired) electrons. The van der Waals surface area contributed by atoms with Crippen molar-refractivity contribution in [3.63, 3.8) is 0 Å². The molecular weight excluding hydrogens is 453 g/mol. The van der Waals surface area contributed by atoms with Gasteiger partial charge in [-0.3, -0.25) is 0 Å². The fourth-order valence-electron chi connectivity index (χ4n) is 3.47. The molecule has 0 aromatic heterocycles. The van der Waals surface area contributed by atoms with Crippen LogP contribution < -0.4 is 4.90 Å². The second-order valence-corrected chi connectivity index (χ2v) is 9.86. The molecule has 6 nitrogen and oxygen atoms in total. The van der Waals surface area contributed by atoms with E-state index in [9.17, 15) is 31.5 Å². The third-order valence-electron chi connectivity index (χ3n) is 5.43. The van der Waals surface area contributed by atoms with Crippen LogP contribution in [0.1, 0.15) is 18.9 Å². The highest BCUT2D eigenvalue weighted by atomic mass is 32.2. The topological polar surface area (TPSA) is 77.9 Å². The van der Waals surface area contributed by atoms with E-state index in [2.05, 4.69) is 0 Å². The Kier molecular flexibility index (Phi) is 6.43. The van der Waals surface area contributed by atoms with Crippen molar-refractivity contribution in [2.24, 2.45) is 0 Å². The third kappa shape index (κ3) is 4.45. The molecule has 2 unspecified atom stereocenters. The van der Waals surface area contributed by atoms with Gasteiger partial charge in [-0.05, 0) is 30.7 Å². The second-order valence-electron chi connectivity index (χ2n) is 7.46. The summed E-state index contributed by atoms with van der Waals surface area (Å²) in [6.07, 6.45) is 0.930. The number of allylic oxidation sites excluding steroid dienone is 4. The third-order valence-corrected chi connectivity index (χ3v) is 7.90. The predicted octanol–water partition coefficient (Wildman–Crippen LogP) is 2.69. The molecule has 1 aliphatic carbocycles. The quantitative estimate of drug-likeness (QED) is 0.522. The first-order valence-corrected chi connectivity index (χ1v) is 11.3. The van der Waals surface area contributed by atoms with Gasteiger partial charge in [0.05, 0.1) is 10.9 Å². The monoisotopic (exact) mass is 474 g/mol. The van der Waals surface area contributed by atoms with E-state index < -0.39 is 27.8 Å². The van der Waals surface area contributed by atoms with Crippen LogP contribution in [0.25, 0.3) is 0 Å². The van der Waals surface area contributed by atoms with Crippen LogP contribution in [0.4, 0.5) is 18.9 Å². The molecule has 1 heterocycles. The number of aldehydes is 1. The number of sulfonamides is 1. The van der Waals surface area contributed by atoms with Gasteiger partial charge in [-0.15, -0.1) is 0 Å². The summed E-state index contributed by atoms with van der Waals surface area (Å²) < 4.78 is 66.3. The minimum absolute atomic E-state index is 0.0434. The molecule has 2 aliphatic rings. The van der Waals surface area contributed by atoms with Crippen LogP contribution in [0.2, 0.25) is 0 Å². The number of hydrogen-bond acceptors (Lipinski definition) is 6. The molecule has 0 spiro atoms. The van der Waals surface area contributed by atoms with Crippen molar-refractivity contribution in [3.05, 3.63) is 53.0 Å². The molecule has 1 N–H and O–H groups in total. The lowest BCUT2D eigenvalue weighted by Crippen LogP contribution is -2.56. The van der Waals surface area contributed by atoms with Crippen LogP contribution in [-0.4, -0.2) is 60.8 Å². The van der Waals surface area contributed by atoms with Crippen LogP contribution in [0, 0.1) is 0 Å². The molecule has 0 amide bonds. The van der Waals surface area contributed by atoms with E-state index in [1.54, 1.807) is 17.1 Å². The molecule has 1 saturated heterocycles. The molecule has 1 aromatic rings. The Bertz CT molecular complexity index is 1030. The van der Waals surface area contributed by atoms with E-state index >= 15 is 0 Å². The SMILES string of the molecule is CC(O)(c1ccc(N2CCN(S(=O)(=O)C3=CC=CCC3=S)CC2C=O)cc1)C(F)(F)F. The van der Waals surface area contributed by atoms with Crippen molar-refractivity contribution < 1.29 is 31.5 Å². The summed E-state index contributed by atoms with van der Waals surface area (Å²) in [5.74, 6) is 0. The van der Waals surface area contributed by atoms with Crippen LogP contribution in [0.5, 0.6) is 0 Å². The summed E-state index contributed by atoms with van der Waals surface area (Å²) in [6, 6.07) is 4.21. The molecule has 1 aromatic carbocycles. The van der Waals surface area contributed by atoms with Crippen molar-refractivity contribution in [2.75, 3.05) is 24.5 Å². The summed E-state index contributed by atoms with van der Waals surface area (Å²) in [6.45, 7) is 0.794. The van der Waals surface area contributed by atoms with Gasteiger partial charge in [0.1, 0.15) is 6.29 Å². The van der Waals surface area contributed by atoms with Crippen molar-refractivity contribution in [2.45, 2.75) is 31.2 Å². The highest BCUT2D eigenvalue weighted by Crippen LogP contribution is 2.39. The van der Waals surface area contributed by atoms with Gasteiger partial charge in [-0.2, -0.15) is 17.5 Å². The molecule has 2 atom stereocenters. The Morgan fingerprint density at radius 2 is 1.84 bits per heavy atom. The first kappa shape index (κ1) is 23.6. The number of carbonyl (C=O) groups excluding carboxylic acids is 1. The predicted molar refractivity (Wildman–Crippen MR) is 114 cm³/mol. The normalized spacial score (nSPS) is 22.7. The van der Waals surface area contributed by atoms with E-state index in [0.717, 1.165) is 12.1 Å². The molecule has 1 fully saturated rings. The number of alkyl halides is 3. The number of nitrogens with zero attached hydrogens (tertiary/aromatic N) is 2. The van der Waals surface area contributed by atoms with Gasteiger partial charge in [-0.1, -0.05) is 36.5 Å². The average molecular weight is 475 g/mol. The smallest absolute Gasteiger partial charge is 0.376 e. The van der Waals surface area contributed by atoms with E-state index in [1.165, 1.54) is 22.5 Å². The van der Waals surface area contributed by atoms with Gasteiger partial charge >= 0.3 is 6.18 Å². The van der Waals surface area contributed by atoms with Crippen LogP contribution in [-0.2, 0) is 20.4 Å². The zero-order valence-electron chi connectivity index (χ0n) is 16.5. The molecule has 0 saturated carbocycles. The highest BCUT2D eigenvalue weighted by molar-refractivity contribution is 7.96. The van der Waals surface area contributed by atoms with Crippen molar-refractivity contribution >= 4 is 39.1 Å². The van der Waals surface area contributed by atoms with Crippen LogP contribution in [0.3, 0.4) is 0 Å². The zero-order chi connectivity index (χ0) is 23.0. The number of thiocarbonyl (C=S) groups is 1. The largest absolute Gasteiger partial charge is 0.421 e. The van der Waals surface area contributed by atoms with E-state index in [4.69, 9.17) is 12.2 Å². The van der Waals surface area contributed by atoms with Gasteiger partial charge in [0, 0.05) is 36.6 Å². The average Bonchev–Trinajstić information content (AvgIpc) is 2.72. The minimum Gasteiger partial charge on any atom is -0.376 e. The first-order valence-electron chi connectivity index (χ1n) is 9.41. The standard InChI is InChI=1S/C20H21F3N2O4S2/c1-19(27,20(21,22)23)14-6-8-15(9-7-14)25-11-10-24(12-16(25)13-26)31(28,29)18-5-3-2-4-17(18)30/h2-3,5-9,13,16,27H,4,10-12H2,1H3. The molecule has 3 rings (SSSR count). The number of piperazine rings is 1. The lowest BCUT2D eigenvalue weighted by atomic mass is 9.95. The summed E-state index contributed by atoms with van der Waals surface area (Å²) in [7, 11) is -3.87. The van der Waals surface area contributed by atoms with Crippen LogP contribution in [0.15, 0.2) is 47.4 Å². The van der Waals surface area contributed by atoms with Gasteiger partial charge in [0.25, 0.3) is 0 Å². The van der Waals surface area contributed by atoms with E-state index in [-0.39, 0.29) is 30.1 Å². The zero-order valence-corrected chi connectivity index (χ0v) is 18.2. The second kappa shape index (κ2) is 8.45. The fourth-order valence-corrected chi connectivity index (χ4v) is 5.52. The van der Waals surface area contributed by atoms with Crippen molar-refractivity contribution in [1.29, 1.82) is 0 Å². The van der Waals surface area contributed by atoms with Crippen molar-refractivity contribution in [1.82, 2.24) is 4.31 Å². The highest BCUT2D eigenvalue weighted by Gasteiger charge is 2.51. The van der Waals surface area contributed by atoms with Crippen LogP contribution >= 0.6 is 12.2 Å². The maximum absolute atomic E-state index is 13.0. The summed E-state index contributed by atoms with van der Waals surface area (Å²) in [5, 5.41) is 9.80. The van der Waals surface area contributed by atoms with E-state index in [0.29, 0.717) is 30.2 Å². The van der Waals surface area contributed by atoms with Crippen molar-refractivity contribution in [3.8, 4) is 0 Å². The van der Waals surface area contributed by atoms with Gasteiger partial charge in [0.15, 0.2) is 5.60 Å².